The Labute approximate surface area is 106 Å². The second-order valence-electron chi connectivity index (χ2n) is 4.52. The van der Waals surface area contributed by atoms with E-state index in [4.69, 9.17) is 11.6 Å². The maximum Gasteiger partial charge on any atom is 0.129 e. The highest BCUT2D eigenvalue weighted by atomic mass is 35.5. The molecule has 94 valence electrons. The van der Waals surface area contributed by atoms with Crippen molar-refractivity contribution in [1.82, 2.24) is 5.32 Å². The van der Waals surface area contributed by atoms with Gasteiger partial charge in [-0.1, -0.05) is 30.5 Å². The monoisotopic (exact) mass is 257 g/mol. The number of aliphatic hydroxyl groups excluding tert-OH is 1. The summed E-state index contributed by atoms with van der Waals surface area (Å²) in [5.41, 5.74) is 0.378. The van der Waals surface area contributed by atoms with Crippen LogP contribution in [0.1, 0.15) is 37.3 Å². The molecule has 0 aromatic heterocycles. The van der Waals surface area contributed by atoms with E-state index in [0.717, 1.165) is 12.8 Å². The Morgan fingerprint density at radius 1 is 1.41 bits per heavy atom. The van der Waals surface area contributed by atoms with Crippen LogP contribution in [0.3, 0.4) is 0 Å². The number of aliphatic hydroxyl groups is 1. The van der Waals surface area contributed by atoms with Crippen molar-refractivity contribution in [3.8, 4) is 0 Å². The average molecular weight is 258 g/mol. The molecule has 1 atom stereocenters. The first kappa shape index (κ1) is 12.8. The fraction of sp³-hybridized carbons (Fsp3) is 0.538. The molecule has 2 N–H and O–H groups in total. The molecule has 1 unspecified atom stereocenters. The first-order chi connectivity index (χ1) is 8.22. The normalized spacial score (nSPS) is 18.5. The smallest absolute Gasteiger partial charge is 0.129 e. The second-order valence-corrected chi connectivity index (χ2v) is 4.93. The standard InChI is InChI=1S/C13H17ClFNO/c14-10-6-3-7-11(15)13(10)12(8-17)16-9-4-1-2-5-9/h3,6-7,9,12,16-17H,1-2,4-5,8H2. The van der Waals surface area contributed by atoms with Gasteiger partial charge in [0.2, 0.25) is 0 Å². The van der Waals surface area contributed by atoms with Crippen LogP contribution in [-0.2, 0) is 0 Å². The topological polar surface area (TPSA) is 32.3 Å². The summed E-state index contributed by atoms with van der Waals surface area (Å²) >= 11 is 6.00. The lowest BCUT2D eigenvalue weighted by Gasteiger charge is -2.22. The summed E-state index contributed by atoms with van der Waals surface area (Å²) in [6, 6.07) is 4.55. The summed E-state index contributed by atoms with van der Waals surface area (Å²) in [6.45, 7) is -0.142. The quantitative estimate of drug-likeness (QED) is 0.869. The molecule has 4 heteroatoms. The zero-order valence-electron chi connectivity index (χ0n) is 9.63. The Bertz CT molecular complexity index is 359. The maximum absolute atomic E-state index is 13.7. The van der Waals surface area contributed by atoms with Gasteiger partial charge in [-0.2, -0.15) is 0 Å². The van der Waals surface area contributed by atoms with Crippen LogP contribution in [0.25, 0.3) is 0 Å². The molecule has 1 aromatic carbocycles. The Hall–Kier alpha value is -0.640. The van der Waals surface area contributed by atoms with Crippen molar-refractivity contribution < 1.29 is 9.50 Å². The zero-order valence-corrected chi connectivity index (χ0v) is 10.4. The Balaban J connectivity index is 2.16. The number of benzene rings is 1. The van der Waals surface area contributed by atoms with E-state index in [1.54, 1.807) is 12.1 Å². The van der Waals surface area contributed by atoms with Crippen molar-refractivity contribution in [3.63, 3.8) is 0 Å². The van der Waals surface area contributed by atoms with E-state index in [1.165, 1.54) is 18.9 Å². The van der Waals surface area contributed by atoms with Crippen molar-refractivity contribution >= 4 is 11.6 Å². The van der Waals surface area contributed by atoms with Gasteiger partial charge in [0.15, 0.2) is 0 Å². The minimum absolute atomic E-state index is 0.142. The third-order valence-corrected chi connectivity index (χ3v) is 3.65. The molecule has 2 rings (SSSR count). The van der Waals surface area contributed by atoms with Crippen LogP contribution in [0.5, 0.6) is 0 Å². The first-order valence-corrected chi connectivity index (χ1v) is 6.41. The van der Waals surface area contributed by atoms with E-state index in [9.17, 15) is 9.50 Å². The predicted molar refractivity (Wildman–Crippen MR) is 66.6 cm³/mol. The molecule has 1 saturated carbocycles. The molecule has 0 heterocycles. The molecule has 0 bridgehead atoms. The van der Waals surface area contributed by atoms with E-state index in [0.29, 0.717) is 16.6 Å². The van der Waals surface area contributed by atoms with Crippen LogP contribution in [0.2, 0.25) is 5.02 Å². The number of rotatable bonds is 4. The van der Waals surface area contributed by atoms with E-state index in [2.05, 4.69) is 5.32 Å². The van der Waals surface area contributed by atoms with E-state index < -0.39 is 6.04 Å². The fourth-order valence-corrected chi connectivity index (χ4v) is 2.74. The van der Waals surface area contributed by atoms with Crippen LogP contribution in [0.4, 0.5) is 4.39 Å². The summed E-state index contributed by atoms with van der Waals surface area (Å²) in [5, 5.41) is 13.1. The van der Waals surface area contributed by atoms with Crippen LogP contribution < -0.4 is 5.32 Å². The van der Waals surface area contributed by atoms with Crippen molar-refractivity contribution in [2.75, 3.05) is 6.61 Å². The number of halogens is 2. The zero-order chi connectivity index (χ0) is 12.3. The molecule has 0 saturated heterocycles. The van der Waals surface area contributed by atoms with Gasteiger partial charge in [0, 0.05) is 16.6 Å². The number of nitrogens with one attached hydrogen (secondary N) is 1. The van der Waals surface area contributed by atoms with Gasteiger partial charge < -0.3 is 10.4 Å². The molecule has 0 aliphatic heterocycles. The molecular weight excluding hydrogens is 241 g/mol. The Morgan fingerprint density at radius 2 is 2.12 bits per heavy atom. The van der Waals surface area contributed by atoms with Crippen molar-refractivity contribution in [2.45, 2.75) is 37.8 Å². The molecule has 0 amide bonds. The van der Waals surface area contributed by atoms with Crippen LogP contribution in [0.15, 0.2) is 18.2 Å². The lowest BCUT2D eigenvalue weighted by Crippen LogP contribution is -2.33. The van der Waals surface area contributed by atoms with Gasteiger partial charge in [-0.15, -0.1) is 0 Å². The summed E-state index contributed by atoms with van der Waals surface area (Å²) in [7, 11) is 0. The van der Waals surface area contributed by atoms with Gasteiger partial charge in [-0.05, 0) is 25.0 Å². The molecule has 2 nitrogen and oxygen atoms in total. The lowest BCUT2D eigenvalue weighted by molar-refractivity contribution is 0.230. The van der Waals surface area contributed by atoms with Crippen molar-refractivity contribution in [1.29, 1.82) is 0 Å². The third-order valence-electron chi connectivity index (χ3n) is 3.32. The third kappa shape index (κ3) is 2.97. The molecule has 1 aliphatic rings. The number of hydrogen-bond acceptors (Lipinski definition) is 2. The Kier molecular flexibility index (Phi) is 4.37. The van der Waals surface area contributed by atoms with E-state index in [-0.39, 0.29) is 12.4 Å². The van der Waals surface area contributed by atoms with E-state index >= 15 is 0 Å². The summed E-state index contributed by atoms with van der Waals surface area (Å²) < 4.78 is 13.7. The predicted octanol–water partition coefficient (Wildman–Crippen LogP) is 3.04. The fourth-order valence-electron chi connectivity index (χ4n) is 2.45. The molecule has 1 fully saturated rings. The SMILES string of the molecule is OCC(NC1CCCC1)c1c(F)cccc1Cl. The molecule has 1 aromatic rings. The highest BCUT2D eigenvalue weighted by Crippen LogP contribution is 2.28. The molecule has 17 heavy (non-hydrogen) atoms. The van der Waals surface area contributed by atoms with Crippen molar-refractivity contribution in [2.24, 2.45) is 0 Å². The van der Waals surface area contributed by atoms with Gasteiger partial charge in [-0.3, -0.25) is 0 Å². The summed E-state index contributed by atoms with van der Waals surface area (Å²) in [6.07, 6.45) is 4.56. The Morgan fingerprint density at radius 3 is 2.71 bits per heavy atom. The van der Waals surface area contributed by atoms with Gasteiger partial charge >= 0.3 is 0 Å². The van der Waals surface area contributed by atoms with Gasteiger partial charge in [0.1, 0.15) is 5.82 Å². The van der Waals surface area contributed by atoms with Gasteiger partial charge in [0.25, 0.3) is 0 Å². The van der Waals surface area contributed by atoms with Crippen LogP contribution in [-0.4, -0.2) is 17.8 Å². The minimum Gasteiger partial charge on any atom is -0.394 e. The van der Waals surface area contributed by atoms with Crippen LogP contribution >= 0.6 is 11.6 Å². The summed E-state index contributed by atoms with van der Waals surface area (Å²) in [5.74, 6) is -0.359. The highest BCUT2D eigenvalue weighted by molar-refractivity contribution is 6.31. The average Bonchev–Trinajstić information content (AvgIpc) is 2.80. The lowest BCUT2D eigenvalue weighted by atomic mass is 10.1. The summed E-state index contributed by atoms with van der Waals surface area (Å²) in [4.78, 5) is 0. The maximum atomic E-state index is 13.7. The highest BCUT2D eigenvalue weighted by Gasteiger charge is 2.23. The van der Waals surface area contributed by atoms with Gasteiger partial charge in [-0.25, -0.2) is 4.39 Å². The van der Waals surface area contributed by atoms with E-state index in [1.807, 2.05) is 0 Å². The van der Waals surface area contributed by atoms with Gasteiger partial charge in [0.05, 0.1) is 12.6 Å². The molecule has 0 radical (unpaired) electrons. The number of hydrogen-bond donors (Lipinski definition) is 2. The molecule has 0 spiro atoms. The largest absolute Gasteiger partial charge is 0.394 e. The molecular formula is C13H17ClFNO. The van der Waals surface area contributed by atoms with Crippen LogP contribution in [0, 0.1) is 5.82 Å². The minimum atomic E-state index is -0.410. The molecule has 1 aliphatic carbocycles. The second kappa shape index (κ2) is 5.80. The first-order valence-electron chi connectivity index (χ1n) is 6.03. The van der Waals surface area contributed by atoms with Crippen molar-refractivity contribution in [3.05, 3.63) is 34.6 Å².